The van der Waals surface area contributed by atoms with Crippen LogP contribution in [0.2, 0.25) is 0 Å². The van der Waals surface area contributed by atoms with E-state index in [1.807, 2.05) is 78.9 Å². The van der Waals surface area contributed by atoms with Gasteiger partial charge in [-0.1, -0.05) is 54.3 Å². The normalized spacial score (nSPS) is 10.7. The molecule has 0 aliphatic rings. The second kappa shape index (κ2) is 8.98. The third kappa shape index (κ3) is 5.84. The Balaban J connectivity index is 1.64. The molecule has 130 valence electrons. The molecule has 3 nitrogen and oxygen atoms in total. The summed E-state index contributed by atoms with van der Waals surface area (Å²) in [5.41, 5.74) is 4.54. The maximum absolute atomic E-state index is 10.5. The van der Waals surface area contributed by atoms with Crippen LogP contribution in [0, 0.1) is 11.8 Å². The van der Waals surface area contributed by atoms with Crippen LogP contribution in [0.5, 0.6) is 0 Å². The molecule has 1 N–H and O–H groups in total. The van der Waals surface area contributed by atoms with E-state index in [-0.39, 0.29) is 0 Å². The van der Waals surface area contributed by atoms with Gasteiger partial charge in [0.25, 0.3) is 0 Å². The number of carbonyl (C=O) groups is 1. The van der Waals surface area contributed by atoms with Crippen molar-refractivity contribution in [2.45, 2.75) is 0 Å². The summed E-state index contributed by atoms with van der Waals surface area (Å²) in [6, 6.07) is 25.1. The van der Waals surface area contributed by atoms with Gasteiger partial charge in [-0.2, -0.15) is 0 Å². The molecular weight excluding hydrogens is 334 g/mol. The van der Waals surface area contributed by atoms with Gasteiger partial charge < -0.3 is 5.11 Å². The summed E-state index contributed by atoms with van der Waals surface area (Å²) in [4.78, 5) is 15.0. The van der Waals surface area contributed by atoms with E-state index >= 15 is 0 Å². The number of hydrogen-bond acceptors (Lipinski definition) is 2. The molecular formula is C24H17NO2. The summed E-state index contributed by atoms with van der Waals surface area (Å²) in [6.07, 6.45) is 4.45. The number of hydrogen-bond donors (Lipinski definition) is 1. The Hall–Kier alpha value is -3.90. The van der Waals surface area contributed by atoms with Crippen LogP contribution < -0.4 is 0 Å². The van der Waals surface area contributed by atoms with Crippen LogP contribution in [0.3, 0.4) is 0 Å². The smallest absolute Gasteiger partial charge is 0.328 e. The van der Waals surface area contributed by atoms with E-state index in [0.29, 0.717) is 0 Å². The molecule has 0 heterocycles. The summed E-state index contributed by atoms with van der Waals surface area (Å²) in [5, 5.41) is 8.63. The van der Waals surface area contributed by atoms with Crippen molar-refractivity contribution in [3.8, 4) is 11.8 Å². The molecule has 0 saturated heterocycles. The molecule has 0 aromatic heterocycles. The van der Waals surface area contributed by atoms with Gasteiger partial charge >= 0.3 is 5.97 Å². The third-order valence-electron chi connectivity index (χ3n) is 3.71. The average Bonchev–Trinajstić information content (AvgIpc) is 2.71. The first kappa shape index (κ1) is 17.9. The summed E-state index contributed by atoms with van der Waals surface area (Å²) >= 11 is 0. The van der Waals surface area contributed by atoms with Crippen LogP contribution in [0.15, 0.2) is 89.9 Å². The molecule has 0 spiro atoms. The minimum absolute atomic E-state index is 0.801. The van der Waals surface area contributed by atoms with Crippen LogP contribution in [0.4, 0.5) is 5.69 Å². The zero-order chi connectivity index (χ0) is 18.9. The lowest BCUT2D eigenvalue weighted by Crippen LogP contribution is -1.85. The second-order valence-corrected chi connectivity index (χ2v) is 5.76. The minimum atomic E-state index is -0.964. The van der Waals surface area contributed by atoms with E-state index in [1.54, 1.807) is 12.3 Å². The van der Waals surface area contributed by atoms with Crippen molar-refractivity contribution in [2.24, 2.45) is 4.99 Å². The Bertz CT molecular complexity index is 1020. The first-order valence-electron chi connectivity index (χ1n) is 8.41. The number of aliphatic imine (C=N–C) groups is 1. The molecule has 0 aliphatic heterocycles. The number of aliphatic carboxylic acids is 1. The van der Waals surface area contributed by atoms with E-state index in [0.717, 1.165) is 34.0 Å². The predicted octanol–water partition coefficient (Wildman–Crippen LogP) is 4.93. The molecule has 0 radical (unpaired) electrons. The van der Waals surface area contributed by atoms with Gasteiger partial charge in [-0.15, -0.1) is 0 Å². The Morgan fingerprint density at radius 2 is 1.37 bits per heavy atom. The fraction of sp³-hybridized carbons (Fsp3) is 0. The summed E-state index contributed by atoms with van der Waals surface area (Å²) in [7, 11) is 0. The lowest BCUT2D eigenvalue weighted by molar-refractivity contribution is -0.131. The molecule has 0 fully saturated rings. The molecule has 0 atom stereocenters. The number of carboxylic acid groups (broad SMARTS) is 1. The van der Waals surface area contributed by atoms with Gasteiger partial charge in [-0.3, -0.25) is 4.99 Å². The Morgan fingerprint density at radius 3 is 2.00 bits per heavy atom. The van der Waals surface area contributed by atoms with Crippen molar-refractivity contribution < 1.29 is 9.90 Å². The summed E-state index contributed by atoms with van der Waals surface area (Å²) in [5.74, 6) is 5.32. The highest BCUT2D eigenvalue weighted by molar-refractivity contribution is 5.85. The van der Waals surface area contributed by atoms with Crippen molar-refractivity contribution in [3.05, 3.63) is 107 Å². The number of benzene rings is 3. The first-order valence-corrected chi connectivity index (χ1v) is 8.41. The summed E-state index contributed by atoms with van der Waals surface area (Å²) in [6.45, 7) is 0. The van der Waals surface area contributed by atoms with Gasteiger partial charge in [0.05, 0.1) is 5.69 Å². The summed E-state index contributed by atoms with van der Waals surface area (Å²) < 4.78 is 0. The van der Waals surface area contributed by atoms with E-state index in [4.69, 9.17) is 5.11 Å². The van der Waals surface area contributed by atoms with Crippen LogP contribution in [-0.4, -0.2) is 17.3 Å². The molecule has 3 heteroatoms. The third-order valence-corrected chi connectivity index (χ3v) is 3.71. The number of rotatable bonds is 4. The lowest BCUT2D eigenvalue weighted by atomic mass is 10.1. The van der Waals surface area contributed by atoms with Crippen molar-refractivity contribution in [3.63, 3.8) is 0 Å². The zero-order valence-electron chi connectivity index (χ0n) is 14.5. The Kier molecular flexibility index (Phi) is 5.96. The molecule has 0 saturated carbocycles. The van der Waals surface area contributed by atoms with E-state index < -0.39 is 5.97 Å². The van der Waals surface area contributed by atoms with Crippen LogP contribution in [0.25, 0.3) is 6.08 Å². The SMILES string of the molecule is O=C(O)C=Cc1ccc(N=Cc2ccc(C#Cc3ccccc3)cc2)cc1. The monoisotopic (exact) mass is 351 g/mol. The van der Waals surface area contributed by atoms with E-state index in [2.05, 4.69) is 16.8 Å². The fourth-order valence-electron chi connectivity index (χ4n) is 2.31. The maximum Gasteiger partial charge on any atom is 0.328 e. The fourth-order valence-corrected chi connectivity index (χ4v) is 2.31. The van der Waals surface area contributed by atoms with Crippen LogP contribution >= 0.6 is 0 Å². The van der Waals surface area contributed by atoms with Crippen molar-refractivity contribution in [1.29, 1.82) is 0 Å². The molecule has 0 unspecified atom stereocenters. The van der Waals surface area contributed by atoms with Crippen LogP contribution in [0.1, 0.15) is 22.3 Å². The van der Waals surface area contributed by atoms with Crippen molar-refractivity contribution in [2.75, 3.05) is 0 Å². The van der Waals surface area contributed by atoms with Crippen molar-refractivity contribution in [1.82, 2.24) is 0 Å². The van der Waals surface area contributed by atoms with Crippen molar-refractivity contribution >= 4 is 23.9 Å². The number of nitrogens with zero attached hydrogens (tertiary/aromatic N) is 1. The lowest BCUT2D eigenvalue weighted by Gasteiger charge is -1.97. The first-order chi connectivity index (χ1) is 13.2. The second-order valence-electron chi connectivity index (χ2n) is 5.76. The molecule has 3 rings (SSSR count). The predicted molar refractivity (Wildman–Crippen MR) is 109 cm³/mol. The van der Waals surface area contributed by atoms with Gasteiger partial charge in [-0.25, -0.2) is 4.79 Å². The standard InChI is InChI=1S/C24H17NO2/c26-24(27)17-14-21-12-15-23(16-13-21)25-18-22-10-8-20(9-11-22)7-6-19-4-2-1-3-5-19/h1-5,8-18H,(H,26,27). The van der Waals surface area contributed by atoms with E-state index in [1.165, 1.54) is 0 Å². The van der Waals surface area contributed by atoms with Gasteiger partial charge in [0, 0.05) is 23.4 Å². The molecule has 3 aromatic rings. The maximum atomic E-state index is 10.5. The average molecular weight is 351 g/mol. The van der Waals surface area contributed by atoms with Gasteiger partial charge in [0.1, 0.15) is 0 Å². The van der Waals surface area contributed by atoms with E-state index in [9.17, 15) is 4.79 Å². The molecule has 27 heavy (non-hydrogen) atoms. The molecule has 0 aliphatic carbocycles. The Morgan fingerprint density at radius 1 is 0.778 bits per heavy atom. The number of carboxylic acids is 1. The highest BCUT2D eigenvalue weighted by atomic mass is 16.4. The molecule has 0 bridgehead atoms. The van der Waals surface area contributed by atoms with Crippen LogP contribution in [-0.2, 0) is 4.79 Å². The highest BCUT2D eigenvalue weighted by Crippen LogP contribution is 2.14. The Labute approximate surface area is 158 Å². The molecule has 0 amide bonds. The zero-order valence-corrected chi connectivity index (χ0v) is 14.5. The largest absolute Gasteiger partial charge is 0.478 e. The minimum Gasteiger partial charge on any atom is -0.478 e. The van der Waals surface area contributed by atoms with Gasteiger partial charge in [0.2, 0.25) is 0 Å². The van der Waals surface area contributed by atoms with Gasteiger partial charge in [0.15, 0.2) is 0 Å². The topological polar surface area (TPSA) is 49.7 Å². The van der Waals surface area contributed by atoms with Gasteiger partial charge in [-0.05, 0) is 53.6 Å². The molecule has 3 aromatic carbocycles. The quantitative estimate of drug-likeness (QED) is 0.411. The highest BCUT2D eigenvalue weighted by Gasteiger charge is 1.93.